The lowest BCUT2D eigenvalue weighted by Gasteiger charge is -2.30. The van der Waals surface area contributed by atoms with E-state index in [-0.39, 0.29) is 22.7 Å². The van der Waals surface area contributed by atoms with Gasteiger partial charge in [0.2, 0.25) is 0 Å². The molecule has 0 spiro atoms. The predicted octanol–water partition coefficient (Wildman–Crippen LogP) is 6.78. The molecule has 0 atom stereocenters. The van der Waals surface area contributed by atoms with Gasteiger partial charge in [-0.15, -0.1) is 0 Å². The minimum absolute atomic E-state index is 0.0458. The number of carbonyl (C=O) groups is 1. The molecule has 12 heteroatoms. The fraction of sp³-hybridized carbons (Fsp3) is 0.387. The van der Waals surface area contributed by atoms with Crippen LogP contribution < -0.4 is 10.6 Å². The van der Waals surface area contributed by atoms with Crippen molar-refractivity contribution in [2.45, 2.75) is 53.7 Å². The number of aromatic nitrogens is 3. The van der Waals surface area contributed by atoms with E-state index < -0.39 is 11.7 Å². The number of pyridine rings is 1. The number of piperidine rings is 1. The highest BCUT2D eigenvalue weighted by Crippen LogP contribution is 2.39. The van der Waals surface area contributed by atoms with Crippen molar-refractivity contribution < 1.29 is 22.7 Å². The molecular weight excluding hydrogens is 577 g/mol. The molecule has 0 bridgehead atoms. The first-order valence-corrected chi connectivity index (χ1v) is 15.2. The van der Waals surface area contributed by atoms with Crippen molar-refractivity contribution in [3.8, 4) is 0 Å². The van der Waals surface area contributed by atoms with Crippen molar-refractivity contribution in [2.75, 3.05) is 44.0 Å². The van der Waals surface area contributed by atoms with Gasteiger partial charge in [-0.25, -0.2) is 4.98 Å². The summed E-state index contributed by atoms with van der Waals surface area (Å²) in [4.78, 5) is 20.6. The summed E-state index contributed by atoms with van der Waals surface area (Å²) in [6.07, 6.45) is -0.645. The number of hydrogen-bond donors (Lipinski definition) is 3. The Morgan fingerprint density at radius 1 is 1.05 bits per heavy atom. The Morgan fingerprint density at radius 2 is 1.81 bits per heavy atom. The van der Waals surface area contributed by atoms with Gasteiger partial charge in [0.15, 0.2) is 5.82 Å². The molecule has 2 saturated heterocycles. The van der Waals surface area contributed by atoms with Crippen molar-refractivity contribution in [3.05, 3.63) is 71.3 Å². The lowest BCUT2D eigenvalue weighted by Crippen LogP contribution is -2.30. The average molecular weight is 611 g/mol. The topological polar surface area (TPSA) is 95.2 Å². The monoisotopic (exact) mass is 610 g/mol. The molecule has 2 fully saturated rings. The van der Waals surface area contributed by atoms with Crippen LogP contribution in [0.1, 0.15) is 53.1 Å². The van der Waals surface area contributed by atoms with Crippen LogP contribution in [0.4, 0.5) is 24.7 Å². The van der Waals surface area contributed by atoms with Gasteiger partial charge in [0.25, 0.3) is 5.91 Å². The molecule has 43 heavy (non-hydrogen) atoms. The smallest absolute Gasteiger partial charge is 0.381 e. The molecule has 2 aromatic heterocycles. The number of rotatable bonds is 7. The standard InChI is InChI=1S/C31H33F3N6O2S/c1-40-14-10-19(11-15-40)20-6-7-22(25(18-20)35-21-12-16-42-17-13-21)30(41)37-29-28-24(38-39-29)8-9-27(36-28)43-26-5-3-2-4-23(26)31(32,33)34/h2-9,18-19,21,35H,10-17H2,1H3,(H2,37,38,39,41). The minimum atomic E-state index is -4.48. The van der Waals surface area contributed by atoms with Gasteiger partial charge in [0.1, 0.15) is 10.5 Å². The number of amides is 1. The van der Waals surface area contributed by atoms with Crippen LogP contribution in [0.2, 0.25) is 0 Å². The predicted molar refractivity (Wildman–Crippen MR) is 161 cm³/mol. The highest BCUT2D eigenvalue weighted by molar-refractivity contribution is 7.99. The van der Waals surface area contributed by atoms with Crippen molar-refractivity contribution in [3.63, 3.8) is 0 Å². The molecule has 2 aromatic carbocycles. The Labute approximate surface area is 251 Å². The second-order valence-corrected chi connectivity index (χ2v) is 12.1. The van der Waals surface area contributed by atoms with Crippen molar-refractivity contribution in [1.29, 1.82) is 0 Å². The van der Waals surface area contributed by atoms with Crippen molar-refractivity contribution in [2.24, 2.45) is 0 Å². The van der Waals surface area contributed by atoms with Gasteiger partial charge in [0.05, 0.1) is 16.6 Å². The summed E-state index contributed by atoms with van der Waals surface area (Å²) in [6, 6.07) is 14.9. The van der Waals surface area contributed by atoms with Crippen molar-refractivity contribution in [1.82, 2.24) is 20.1 Å². The normalized spacial score (nSPS) is 17.3. The summed E-state index contributed by atoms with van der Waals surface area (Å²) in [5.41, 5.74) is 2.67. The summed E-state index contributed by atoms with van der Waals surface area (Å²) in [6.45, 7) is 3.42. The van der Waals surface area contributed by atoms with Crippen LogP contribution >= 0.6 is 11.8 Å². The van der Waals surface area contributed by atoms with E-state index in [0.29, 0.717) is 40.8 Å². The molecule has 4 heterocycles. The third-order valence-electron chi connectivity index (χ3n) is 8.08. The number of carbonyl (C=O) groups excluding carboxylic acids is 1. The number of nitrogens with zero attached hydrogens (tertiary/aromatic N) is 3. The molecule has 8 nitrogen and oxygen atoms in total. The third-order valence-corrected chi connectivity index (χ3v) is 9.09. The van der Waals surface area contributed by atoms with Gasteiger partial charge >= 0.3 is 6.18 Å². The molecule has 3 N–H and O–H groups in total. The maximum atomic E-state index is 13.7. The number of hydrogen-bond acceptors (Lipinski definition) is 7. The van der Waals surface area contributed by atoms with Crippen LogP contribution in [-0.2, 0) is 10.9 Å². The largest absolute Gasteiger partial charge is 0.417 e. The van der Waals surface area contributed by atoms with Gasteiger partial charge in [-0.05, 0) is 93.7 Å². The average Bonchev–Trinajstić information content (AvgIpc) is 3.39. The van der Waals surface area contributed by atoms with E-state index >= 15 is 0 Å². The van der Waals surface area contributed by atoms with E-state index in [1.54, 1.807) is 18.2 Å². The van der Waals surface area contributed by atoms with Crippen LogP contribution in [0.5, 0.6) is 0 Å². The first-order chi connectivity index (χ1) is 20.7. The lowest BCUT2D eigenvalue weighted by atomic mass is 9.88. The Bertz CT molecular complexity index is 1600. The molecule has 226 valence electrons. The number of nitrogens with one attached hydrogen (secondary N) is 3. The van der Waals surface area contributed by atoms with Crippen LogP contribution in [0, 0.1) is 0 Å². The molecule has 4 aromatic rings. The summed E-state index contributed by atoms with van der Waals surface area (Å²) >= 11 is 0.912. The number of halogens is 3. The maximum absolute atomic E-state index is 13.7. The summed E-state index contributed by atoms with van der Waals surface area (Å²) in [5.74, 6) is 0.296. The zero-order valence-corrected chi connectivity index (χ0v) is 24.5. The Balaban J connectivity index is 1.26. The number of alkyl halides is 3. The highest BCUT2D eigenvalue weighted by Gasteiger charge is 2.33. The van der Waals surface area contributed by atoms with Crippen LogP contribution in [0.3, 0.4) is 0 Å². The molecule has 1 amide bonds. The Hall–Kier alpha value is -3.61. The molecule has 0 radical (unpaired) electrons. The van der Waals surface area contributed by atoms with Gasteiger partial charge < -0.3 is 20.3 Å². The zero-order chi connectivity index (χ0) is 30.0. The van der Waals surface area contributed by atoms with Crippen LogP contribution in [0.15, 0.2) is 64.5 Å². The second-order valence-electron chi connectivity index (χ2n) is 11.1. The van der Waals surface area contributed by atoms with E-state index in [9.17, 15) is 18.0 Å². The van der Waals surface area contributed by atoms with Gasteiger partial charge in [-0.3, -0.25) is 9.89 Å². The minimum Gasteiger partial charge on any atom is -0.381 e. The van der Waals surface area contributed by atoms with Gasteiger partial charge in [-0.1, -0.05) is 30.0 Å². The quantitative estimate of drug-likeness (QED) is 0.212. The second kappa shape index (κ2) is 12.6. The first-order valence-electron chi connectivity index (χ1n) is 14.4. The SMILES string of the molecule is CN1CCC(c2ccc(C(=O)Nc3n[nH]c4ccc(Sc5ccccc5C(F)(F)F)nc34)c(NC3CCOCC3)c2)CC1. The number of fused-ring (bicyclic) bond motifs is 1. The zero-order valence-electron chi connectivity index (χ0n) is 23.7. The fourth-order valence-electron chi connectivity index (χ4n) is 5.64. The molecular formula is C31H33F3N6O2S. The van der Waals surface area contributed by atoms with E-state index in [2.05, 4.69) is 43.8 Å². The van der Waals surface area contributed by atoms with Crippen LogP contribution in [0.25, 0.3) is 11.0 Å². The van der Waals surface area contributed by atoms with E-state index in [0.717, 1.165) is 62.3 Å². The Morgan fingerprint density at radius 3 is 2.58 bits per heavy atom. The van der Waals surface area contributed by atoms with E-state index in [1.807, 2.05) is 12.1 Å². The molecule has 6 rings (SSSR count). The molecule has 0 saturated carbocycles. The number of aromatic amines is 1. The summed E-state index contributed by atoms with van der Waals surface area (Å²) in [7, 11) is 2.14. The van der Waals surface area contributed by atoms with E-state index in [1.165, 1.54) is 17.7 Å². The number of likely N-dealkylation sites (tertiary alicyclic amines) is 1. The van der Waals surface area contributed by atoms with E-state index in [4.69, 9.17) is 4.74 Å². The van der Waals surface area contributed by atoms with Gasteiger partial charge in [-0.2, -0.15) is 18.3 Å². The number of benzene rings is 2. The third kappa shape index (κ3) is 6.81. The Kier molecular flexibility index (Phi) is 8.60. The van der Waals surface area contributed by atoms with Gasteiger partial charge in [0, 0.05) is 29.8 Å². The molecule has 2 aliphatic heterocycles. The van der Waals surface area contributed by atoms with Crippen molar-refractivity contribution >= 4 is 40.2 Å². The summed E-state index contributed by atoms with van der Waals surface area (Å²) < 4.78 is 46.1. The molecule has 0 aliphatic carbocycles. The number of anilines is 2. The molecule has 2 aliphatic rings. The highest BCUT2D eigenvalue weighted by atomic mass is 32.2. The fourth-order valence-corrected chi connectivity index (χ4v) is 6.58. The van der Waals surface area contributed by atoms with Crippen LogP contribution in [-0.4, -0.2) is 65.4 Å². The lowest BCUT2D eigenvalue weighted by molar-refractivity contribution is -0.139. The maximum Gasteiger partial charge on any atom is 0.417 e. The first kappa shape index (κ1) is 29.5. The molecule has 0 unspecified atom stereocenters. The summed E-state index contributed by atoms with van der Waals surface area (Å²) in [5, 5.41) is 14.0. The number of ether oxygens (including phenoxy) is 1. The number of H-pyrrole nitrogens is 1.